The number of carbonyl (C=O) groups is 2. The lowest BCUT2D eigenvalue weighted by Gasteiger charge is -2.38. The van der Waals surface area contributed by atoms with Crippen molar-refractivity contribution >= 4 is 23.1 Å². The number of hydrogen-bond donors (Lipinski definition) is 2. The van der Waals surface area contributed by atoms with Gasteiger partial charge in [-0.1, -0.05) is 32.0 Å². The number of anilines is 2. The summed E-state index contributed by atoms with van der Waals surface area (Å²) in [5.74, 6) is 1.36. The molecule has 1 unspecified atom stereocenters. The van der Waals surface area contributed by atoms with Crippen molar-refractivity contribution in [1.82, 2.24) is 10.3 Å². The van der Waals surface area contributed by atoms with E-state index in [1.165, 1.54) is 0 Å². The van der Waals surface area contributed by atoms with Gasteiger partial charge in [0, 0.05) is 48.3 Å². The molecular formula is C32H36N4O5. The topological polar surface area (TPSA) is 102 Å². The first kappa shape index (κ1) is 28.0. The molecule has 0 saturated carbocycles. The van der Waals surface area contributed by atoms with Crippen molar-refractivity contribution in [3.63, 3.8) is 0 Å². The van der Waals surface area contributed by atoms with Crippen molar-refractivity contribution in [2.24, 2.45) is 5.41 Å². The fraction of sp³-hybridized carbons (Fsp3) is 0.344. The van der Waals surface area contributed by atoms with Gasteiger partial charge in [0.1, 0.15) is 5.75 Å². The van der Waals surface area contributed by atoms with Gasteiger partial charge in [-0.25, -0.2) is 0 Å². The van der Waals surface area contributed by atoms with Crippen LogP contribution in [0.25, 0.3) is 0 Å². The maximum atomic E-state index is 14.0. The number of fused-ring (bicyclic) bond motifs is 1. The van der Waals surface area contributed by atoms with Gasteiger partial charge in [0.25, 0.3) is 0 Å². The molecule has 0 bridgehead atoms. The molecule has 1 atom stereocenters. The maximum Gasteiger partial charge on any atom is 0.239 e. The normalized spacial score (nSPS) is 17.5. The summed E-state index contributed by atoms with van der Waals surface area (Å²) in [4.78, 5) is 33.7. The minimum atomic E-state index is -0.636. The number of Topliss-reactive ketones (excluding diaryl/α,β-unsaturated/α-hetero) is 1. The molecule has 41 heavy (non-hydrogen) atoms. The van der Waals surface area contributed by atoms with Crippen LogP contribution in [0.15, 0.2) is 72.2 Å². The number of benzene rings is 2. The first-order valence-corrected chi connectivity index (χ1v) is 13.6. The summed E-state index contributed by atoms with van der Waals surface area (Å²) in [6, 6.07) is 14.5. The molecule has 2 aromatic carbocycles. The highest BCUT2D eigenvalue weighted by atomic mass is 16.5. The van der Waals surface area contributed by atoms with E-state index >= 15 is 0 Å². The van der Waals surface area contributed by atoms with Crippen LogP contribution in [-0.4, -0.2) is 44.5 Å². The Balaban J connectivity index is 1.67. The van der Waals surface area contributed by atoms with Crippen molar-refractivity contribution in [3.8, 4) is 17.2 Å². The Morgan fingerprint density at radius 2 is 1.76 bits per heavy atom. The number of pyridine rings is 1. The van der Waals surface area contributed by atoms with E-state index in [1.54, 1.807) is 39.8 Å². The van der Waals surface area contributed by atoms with Gasteiger partial charge in [0.15, 0.2) is 17.3 Å². The second-order valence-electron chi connectivity index (χ2n) is 11.1. The minimum Gasteiger partial charge on any atom is -0.496 e. The van der Waals surface area contributed by atoms with Gasteiger partial charge in [-0.2, -0.15) is 0 Å². The highest BCUT2D eigenvalue weighted by Crippen LogP contribution is 2.51. The van der Waals surface area contributed by atoms with Crippen LogP contribution in [-0.2, 0) is 16.1 Å². The zero-order valence-corrected chi connectivity index (χ0v) is 24.1. The van der Waals surface area contributed by atoms with Gasteiger partial charge in [-0.3, -0.25) is 14.6 Å². The van der Waals surface area contributed by atoms with Gasteiger partial charge in [-0.15, -0.1) is 0 Å². The van der Waals surface area contributed by atoms with E-state index < -0.39 is 6.04 Å². The molecule has 9 heteroatoms. The van der Waals surface area contributed by atoms with E-state index in [4.69, 9.17) is 14.2 Å². The molecule has 9 nitrogen and oxygen atoms in total. The number of ether oxygens (including phenoxy) is 3. The van der Waals surface area contributed by atoms with E-state index in [-0.39, 0.29) is 23.7 Å². The third kappa shape index (κ3) is 5.70. The summed E-state index contributed by atoms with van der Waals surface area (Å²) >= 11 is 0. The molecule has 1 aromatic heterocycles. The molecule has 0 fully saturated rings. The molecule has 0 radical (unpaired) electrons. The maximum absolute atomic E-state index is 14.0. The fourth-order valence-electron chi connectivity index (χ4n) is 5.73. The molecule has 2 aliphatic rings. The molecule has 2 N–H and O–H groups in total. The zero-order chi connectivity index (χ0) is 29.1. The van der Waals surface area contributed by atoms with E-state index in [0.29, 0.717) is 47.8 Å². The number of allylic oxidation sites excluding steroid dienone is 1. The number of carbonyl (C=O) groups excluding carboxylic acids is 2. The fourth-order valence-corrected chi connectivity index (χ4v) is 5.73. The number of nitrogens with one attached hydrogen (secondary N) is 2. The molecule has 1 aliphatic carbocycles. The van der Waals surface area contributed by atoms with Crippen molar-refractivity contribution in [2.75, 3.05) is 38.1 Å². The third-order valence-electron chi connectivity index (χ3n) is 7.56. The van der Waals surface area contributed by atoms with Crippen molar-refractivity contribution in [3.05, 3.63) is 83.3 Å². The largest absolute Gasteiger partial charge is 0.496 e. The van der Waals surface area contributed by atoms with Crippen LogP contribution in [0.3, 0.4) is 0 Å². The second-order valence-corrected chi connectivity index (χ2v) is 11.1. The second kappa shape index (κ2) is 11.5. The molecule has 2 heterocycles. The predicted octanol–water partition coefficient (Wildman–Crippen LogP) is 5.04. The van der Waals surface area contributed by atoms with Gasteiger partial charge in [0.05, 0.1) is 45.3 Å². The molecule has 3 aromatic rings. The van der Waals surface area contributed by atoms with Crippen LogP contribution in [0.1, 0.15) is 43.9 Å². The molecular weight excluding hydrogens is 520 g/mol. The number of hydrogen-bond acceptors (Lipinski definition) is 8. The molecule has 1 amide bonds. The van der Waals surface area contributed by atoms with Gasteiger partial charge >= 0.3 is 0 Å². The first-order chi connectivity index (χ1) is 19.7. The number of aromatic nitrogens is 1. The highest BCUT2D eigenvalue weighted by Gasteiger charge is 2.43. The van der Waals surface area contributed by atoms with Gasteiger partial charge < -0.3 is 29.7 Å². The van der Waals surface area contributed by atoms with Crippen LogP contribution >= 0.6 is 0 Å². The van der Waals surface area contributed by atoms with E-state index in [0.717, 1.165) is 22.6 Å². The number of amides is 1. The molecule has 5 rings (SSSR count). The van der Waals surface area contributed by atoms with E-state index in [9.17, 15) is 9.59 Å². The average Bonchev–Trinajstić information content (AvgIpc) is 3.09. The van der Waals surface area contributed by atoms with Crippen molar-refractivity contribution < 1.29 is 23.8 Å². The summed E-state index contributed by atoms with van der Waals surface area (Å²) in [5.41, 5.74) is 4.46. The predicted molar refractivity (Wildman–Crippen MR) is 157 cm³/mol. The highest BCUT2D eigenvalue weighted by molar-refractivity contribution is 6.02. The number of methoxy groups -OCH3 is 3. The molecule has 1 aliphatic heterocycles. The summed E-state index contributed by atoms with van der Waals surface area (Å²) in [7, 11) is 4.72. The van der Waals surface area contributed by atoms with E-state index in [1.807, 2.05) is 47.4 Å². The van der Waals surface area contributed by atoms with Crippen LogP contribution in [0.5, 0.6) is 17.2 Å². The SMILES string of the molecule is COc1cc(OC)c(C2C3=C(CC(C)(C)CC3=O)Nc3ccccc3N2CC(=O)NCc2cccnc2)cc1OC. The van der Waals surface area contributed by atoms with Crippen LogP contribution in [0.4, 0.5) is 11.4 Å². The van der Waals surface area contributed by atoms with Gasteiger partial charge in [-0.05, 0) is 41.7 Å². The number of rotatable bonds is 8. The lowest BCUT2D eigenvalue weighted by molar-refractivity contribution is -0.121. The Morgan fingerprint density at radius 3 is 2.46 bits per heavy atom. The number of para-hydroxylation sites is 2. The number of ketones is 1. The van der Waals surface area contributed by atoms with Crippen LogP contribution in [0, 0.1) is 5.41 Å². The molecule has 214 valence electrons. The average molecular weight is 557 g/mol. The first-order valence-electron chi connectivity index (χ1n) is 13.6. The van der Waals surface area contributed by atoms with Crippen molar-refractivity contribution in [2.45, 2.75) is 39.3 Å². The summed E-state index contributed by atoms with van der Waals surface area (Å²) in [6.07, 6.45) is 4.48. The van der Waals surface area contributed by atoms with Crippen LogP contribution < -0.4 is 29.7 Å². The van der Waals surface area contributed by atoms with Crippen LogP contribution in [0.2, 0.25) is 0 Å². The Labute approximate surface area is 240 Å². The standard InChI is InChI=1S/C32H36N4O5/c1-32(2)15-23-30(25(37)16-32)31(21-13-27(40-4)28(41-5)14-26(21)39-3)36(24-11-7-6-10-22(24)35-23)19-29(38)34-18-20-9-8-12-33-17-20/h6-14,17,31,35H,15-16,18-19H2,1-5H3,(H,34,38). The van der Waals surface area contributed by atoms with E-state index in [2.05, 4.69) is 29.5 Å². The van der Waals surface area contributed by atoms with Crippen molar-refractivity contribution in [1.29, 1.82) is 0 Å². The van der Waals surface area contributed by atoms with Gasteiger partial charge in [0.2, 0.25) is 5.91 Å². The lowest BCUT2D eigenvalue weighted by atomic mass is 9.73. The Kier molecular flexibility index (Phi) is 7.88. The smallest absolute Gasteiger partial charge is 0.239 e. The minimum absolute atomic E-state index is 0.00538. The summed E-state index contributed by atoms with van der Waals surface area (Å²) in [5, 5.41) is 6.59. The lowest BCUT2D eigenvalue weighted by Crippen LogP contribution is -2.42. The Morgan fingerprint density at radius 1 is 1.02 bits per heavy atom. The number of nitrogens with zero attached hydrogens (tertiary/aromatic N) is 2. The molecule has 0 saturated heterocycles. The Hall–Kier alpha value is -4.53. The quantitative estimate of drug-likeness (QED) is 0.398. The third-order valence-corrected chi connectivity index (χ3v) is 7.56. The molecule has 0 spiro atoms. The zero-order valence-electron chi connectivity index (χ0n) is 24.1. The summed E-state index contributed by atoms with van der Waals surface area (Å²) in [6.45, 7) is 4.53. The summed E-state index contributed by atoms with van der Waals surface area (Å²) < 4.78 is 17.1. The monoisotopic (exact) mass is 556 g/mol. The Bertz CT molecular complexity index is 1480.